The highest BCUT2D eigenvalue weighted by Crippen LogP contribution is 2.05. The maximum Gasteiger partial charge on any atom is 0.237 e. The van der Waals surface area contributed by atoms with Crippen molar-refractivity contribution in [3.63, 3.8) is 0 Å². The van der Waals surface area contributed by atoms with Crippen molar-refractivity contribution in [3.05, 3.63) is 35.9 Å². The first-order chi connectivity index (χ1) is 9.13. The van der Waals surface area contributed by atoms with E-state index in [2.05, 4.69) is 24.4 Å². The van der Waals surface area contributed by atoms with E-state index < -0.39 is 6.04 Å². The highest BCUT2D eigenvalue weighted by Gasteiger charge is 2.15. The molecular formula is C16H26N2O. The Labute approximate surface area is 116 Å². The van der Waals surface area contributed by atoms with Crippen LogP contribution in [0.25, 0.3) is 0 Å². The molecule has 19 heavy (non-hydrogen) atoms. The van der Waals surface area contributed by atoms with Crippen molar-refractivity contribution in [2.75, 3.05) is 0 Å². The molecule has 0 aliphatic heterocycles. The van der Waals surface area contributed by atoms with Gasteiger partial charge in [-0.1, -0.05) is 50.1 Å². The third kappa shape index (κ3) is 6.39. The Morgan fingerprint density at radius 1 is 1.26 bits per heavy atom. The summed E-state index contributed by atoms with van der Waals surface area (Å²) in [6, 6.07) is 9.94. The first kappa shape index (κ1) is 15.7. The van der Waals surface area contributed by atoms with Crippen LogP contribution in [-0.2, 0) is 11.2 Å². The average molecular weight is 262 g/mol. The molecule has 2 atom stereocenters. The number of nitrogens with one attached hydrogen (secondary N) is 1. The number of rotatable bonds is 8. The Hall–Kier alpha value is -1.35. The van der Waals surface area contributed by atoms with Crippen molar-refractivity contribution >= 4 is 5.91 Å². The first-order valence-corrected chi connectivity index (χ1v) is 7.23. The van der Waals surface area contributed by atoms with Crippen LogP contribution in [0.4, 0.5) is 0 Å². The zero-order valence-electron chi connectivity index (χ0n) is 12.1. The second-order valence-electron chi connectivity index (χ2n) is 5.18. The number of aryl methyl sites for hydroxylation is 1. The van der Waals surface area contributed by atoms with Crippen molar-refractivity contribution in [2.24, 2.45) is 5.73 Å². The number of hydrogen-bond acceptors (Lipinski definition) is 2. The minimum atomic E-state index is -0.413. The van der Waals surface area contributed by atoms with Gasteiger partial charge in [-0.25, -0.2) is 0 Å². The van der Waals surface area contributed by atoms with Crippen LogP contribution in [0.5, 0.6) is 0 Å². The van der Waals surface area contributed by atoms with Crippen LogP contribution in [0.3, 0.4) is 0 Å². The highest BCUT2D eigenvalue weighted by atomic mass is 16.2. The molecule has 106 valence electrons. The van der Waals surface area contributed by atoms with Crippen LogP contribution in [0, 0.1) is 0 Å². The molecule has 3 N–H and O–H groups in total. The number of unbranched alkanes of at least 4 members (excludes halogenated alkanes) is 1. The summed E-state index contributed by atoms with van der Waals surface area (Å²) < 4.78 is 0. The number of hydrogen-bond donors (Lipinski definition) is 2. The molecule has 0 saturated heterocycles. The second-order valence-corrected chi connectivity index (χ2v) is 5.18. The van der Waals surface area contributed by atoms with E-state index in [1.807, 2.05) is 25.1 Å². The zero-order valence-corrected chi connectivity index (χ0v) is 12.1. The number of benzene rings is 1. The first-order valence-electron chi connectivity index (χ1n) is 7.23. The third-order valence-electron chi connectivity index (χ3n) is 3.30. The summed E-state index contributed by atoms with van der Waals surface area (Å²) in [5, 5.41) is 2.99. The van der Waals surface area contributed by atoms with Gasteiger partial charge in [0.1, 0.15) is 0 Å². The van der Waals surface area contributed by atoms with Gasteiger partial charge in [-0.05, 0) is 31.7 Å². The van der Waals surface area contributed by atoms with Gasteiger partial charge in [0.25, 0.3) is 0 Å². The molecule has 0 heterocycles. The van der Waals surface area contributed by atoms with Crippen molar-refractivity contribution in [1.29, 1.82) is 0 Å². The van der Waals surface area contributed by atoms with E-state index in [0.29, 0.717) is 6.42 Å². The van der Waals surface area contributed by atoms with Crippen molar-refractivity contribution < 1.29 is 4.79 Å². The summed E-state index contributed by atoms with van der Waals surface area (Å²) in [5.74, 6) is -0.0282. The second kappa shape index (κ2) is 8.70. The Kier molecular flexibility index (Phi) is 7.19. The number of nitrogens with two attached hydrogens (primary N) is 1. The van der Waals surface area contributed by atoms with E-state index in [9.17, 15) is 4.79 Å². The molecule has 3 heteroatoms. The third-order valence-corrected chi connectivity index (χ3v) is 3.30. The average Bonchev–Trinajstić information content (AvgIpc) is 2.43. The molecule has 0 aliphatic rings. The number of carbonyl (C=O) groups excluding carboxylic acids is 1. The fourth-order valence-electron chi connectivity index (χ4n) is 2.03. The van der Waals surface area contributed by atoms with Gasteiger partial charge in [0.2, 0.25) is 5.91 Å². The van der Waals surface area contributed by atoms with E-state index in [1.54, 1.807) is 0 Å². The zero-order chi connectivity index (χ0) is 14.1. The van der Waals surface area contributed by atoms with Gasteiger partial charge in [-0.15, -0.1) is 0 Å². The fraction of sp³-hybridized carbons (Fsp3) is 0.562. The maximum absolute atomic E-state index is 11.9. The molecule has 1 unspecified atom stereocenters. The number of carbonyl (C=O) groups is 1. The summed E-state index contributed by atoms with van der Waals surface area (Å²) in [7, 11) is 0. The van der Waals surface area contributed by atoms with Crippen molar-refractivity contribution in [2.45, 2.75) is 58.0 Å². The molecule has 0 fully saturated rings. The lowest BCUT2D eigenvalue weighted by atomic mass is 10.0. The molecule has 1 amide bonds. The quantitative estimate of drug-likeness (QED) is 0.756. The predicted octanol–water partition coefficient (Wildman–Crippen LogP) is 2.64. The molecular weight excluding hydrogens is 236 g/mol. The largest absolute Gasteiger partial charge is 0.352 e. The Morgan fingerprint density at radius 3 is 2.58 bits per heavy atom. The summed E-state index contributed by atoms with van der Waals surface area (Å²) in [6.45, 7) is 4.19. The van der Waals surface area contributed by atoms with Gasteiger partial charge >= 0.3 is 0 Å². The topological polar surface area (TPSA) is 55.1 Å². The van der Waals surface area contributed by atoms with E-state index in [1.165, 1.54) is 5.56 Å². The Balaban J connectivity index is 2.28. The minimum Gasteiger partial charge on any atom is -0.352 e. The van der Waals surface area contributed by atoms with Gasteiger partial charge in [0.05, 0.1) is 6.04 Å². The molecule has 0 bridgehead atoms. The summed E-state index contributed by atoms with van der Waals surface area (Å²) in [5.41, 5.74) is 7.16. The van der Waals surface area contributed by atoms with E-state index >= 15 is 0 Å². The molecule has 0 aromatic heterocycles. The summed E-state index contributed by atoms with van der Waals surface area (Å²) >= 11 is 0. The molecule has 1 aromatic rings. The van der Waals surface area contributed by atoms with Crippen molar-refractivity contribution in [3.8, 4) is 0 Å². The molecule has 0 saturated carbocycles. The molecule has 1 aromatic carbocycles. The van der Waals surface area contributed by atoms with Gasteiger partial charge in [0, 0.05) is 6.04 Å². The summed E-state index contributed by atoms with van der Waals surface area (Å²) in [4.78, 5) is 11.9. The predicted molar refractivity (Wildman–Crippen MR) is 79.9 cm³/mol. The van der Waals surface area contributed by atoms with Gasteiger partial charge < -0.3 is 11.1 Å². The molecule has 0 aliphatic carbocycles. The van der Waals surface area contributed by atoms with E-state index in [-0.39, 0.29) is 11.9 Å². The van der Waals surface area contributed by atoms with Gasteiger partial charge in [-0.3, -0.25) is 4.79 Å². The van der Waals surface area contributed by atoms with Crippen molar-refractivity contribution in [1.82, 2.24) is 5.32 Å². The molecule has 0 radical (unpaired) electrons. The minimum absolute atomic E-state index is 0.0282. The normalized spacial score (nSPS) is 13.8. The van der Waals surface area contributed by atoms with Crippen LogP contribution in [0.15, 0.2) is 30.3 Å². The lowest BCUT2D eigenvalue weighted by molar-refractivity contribution is -0.123. The maximum atomic E-state index is 11.9. The molecule has 3 nitrogen and oxygen atoms in total. The molecule has 1 rings (SSSR count). The van der Waals surface area contributed by atoms with Crippen LogP contribution >= 0.6 is 0 Å². The van der Waals surface area contributed by atoms with E-state index in [0.717, 1.165) is 25.7 Å². The van der Waals surface area contributed by atoms with Gasteiger partial charge in [-0.2, -0.15) is 0 Å². The lowest BCUT2D eigenvalue weighted by Gasteiger charge is -2.17. The van der Waals surface area contributed by atoms with Crippen LogP contribution < -0.4 is 11.1 Å². The highest BCUT2D eigenvalue weighted by molar-refractivity contribution is 5.81. The van der Waals surface area contributed by atoms with Crippen LogP contribution in [-0.4, -0.2) is 18.0 Å². The number of amides is 1. The van der Waals surface area contributed by atoms with Gasteiger partial charge in [0.15, 0.2) is 0 Å². The lowest BCUT2D eigenvalue weighted by Crippen LogP contribution is -2.44. The smallest absolute Gasteiger partial charge is 0.237 e. The fourth-order valence-corrected chi connectivity index (χ4v) is 2.03. The van der Waals surface area contributed by atoms with Crippen LogP contribution in [0.1, 0.15) is 45.1 Å². The standard InChI is InChI=1S/C16H26N2O/c1-3-4-8-13(2)18-16(19)15(17)12-11-14-9-6-5-7-10-14/h5-7,9-10,13,15H,3-4,8,11-12,17H2,1-2H3,(H,18,19)/t13?,15-/m0/s1. The summed E-state index contributed by atoms with van der Waals surface area (Å²) in [6.07, 6.45) is 4.85. The Morgan fingerprint density at radius 2 is 1.95 bits per heavy atom. The SMILES string of the molecule is CCCCC(C)NC(=O)[C@@H](N)CCc1ccccc1. The Bertz CT molecular complexity index is 364. The van der Waals surface area contributed by atoms with Crippen LogP contribution in [0.2, 0.25) is 0 Å². The van der Waals surface area contributed by atoms with E-state index in [4.69, 9.17) is 5.73 Å². The molecule has 0 spiro atoms. The monoisotopic (exact) mass is 262 g/mol.